The second kappa shape index (κ2) is 2.61. The quantitative estimate of drug-likeness (QED) is 0.356. The summed E-state index contributed by atoms with van der Waals surface area (Å²) >= 11 is 0. The molecule has 0 aromatic rings. The summed E-state index contributed by atoms with van der Waals surface area (Å²) in [6.45, 7) is 2.70. The van der Waals surface area contributed by atoms with Crippen LogP contribution in [0.5, 0.6) is 0 Å². The van der Waals surface area contributed by atoms with Crippen molar-refractivity contribution in [2.45, 2.75) is 6.18 Å². The van der Waals surface area contributed by atoms with Crippen molar-refractivity contribution in [2.75, 3.05) is 7.05 Å². The van der Waals surface area contributed by atoms with E-state index >= 15 is 0 Å². The van der Waals surface area contributed by atoms with Gasteiger partial charge in [0.05, 0.1) is 0 Å². The number of halogens is 3. The van der Waals surface area contributed by atoms with Gasteiger partial charge in [0.15, 0.2) is 0 Å². The summed E-state index contributed by atoms with van der Waals surface area (Å²) in [4.78, 5) is 5.49. The van der Waals surface area contributed by atoms with E-state index in [1.54, 1.807) is 0 Å². The maximum atomic E-state index is 11.5. The molecule has 5 heteroatoms. The van der Waals surface area contributed by atoms with E-state index < -0.39 is 12.0 Å². The molecule has 0 bridgehead atoms. The highest BCUT2D eigenvalue weighted by atomic mass is 19.4. The average molecular weight is 138 g/mol. The second-order valence-corrected chi connectivity index (χ2v) is 1.20. The minimum absolute atomic E-state index is 1.01. The Hall–Kier alpha value is -0.870. The molecule has 0 aliphatic carbocycles. The molecule has 0 spiro atoms. The second-order valence-electron chi connectivity index (χ2n) is 1.20. The molecule has 0 saturated carbocycles. The van der Waals surface area contributed by atoms with Crippen LogP contribution in [0.1, 0.15) is 0 Å². The van der Waals surface area contributed by atoms with Gasteiger partial charge in [0.25, 0.3) is 0 Å². The molecule has 0 fully saturated rings. The van der Waals surface area contributed by atoms with Crippen LogP contribution < -0.4 is 0 Å². The van der Waals surface area contributed by atoms with Crippen LogP contribution in [0.4, 0.5) is 13.2 Å². The summed E-state index contributed by atoms with van der Waals surface area (Å²) in [7, 11) is 1.01. The Kier molecular flexibility index (Phi) is 2.36. The minimum atomic E-state index is -4.46. The minimum Gasteiger partial charge on any atom is -0.266 e. The molecule has 0 N–H and O–H groups in total. The van der Waals surface area contributed by atoms with Crippen molar-refractivity contribution in [3.05, 3.63) is 0 Å². The summed E-state index contributed by atoms with van der Waals surface area (Å²) in [6, 6.07) is 0. The largest absolute Gasteiger partial charge is 0.451 e. The van der Waals surface area contributed by atoms with Gasteiger partial charge in [-0.3, -0.25) is 4.99 Å². The van der Waals surface area contributed by atoms with Crippen molar-refractivity contribution in [1.82, 2.24) is 0 Å². The van der Waals surface area contributed by atoms with E-state index in [0.29, 0.717) is 0 Å². The van der Waals surface area contributed by atoms with E-state index in [1.165, 1.54) is 0 Å². The Morgan fingerprint density at radius 3 is 1.89 bits per heavy atom. The lowest BCUT2D eigenvalue weighted by Gasteiger charge is -2.01. The first-order chi connectivity index (χ1) is 4.02. The predicted octanol–water partition coefficient (Wildman–Crippen LogP) is 1.28. The highest BCUT2D eigenvalue weighted by Gasteiger charge is 2.34. The van der Waals surface area contributed by atoms with Gasteiger partial charge in [-0.15, -0.1) is 0 Å². The molecule has 0 rings (SSSR count). The smallest absolute Gasteiger partial charge is 0.266 e. The summed E-state index contributed by atoms with van der Waals surface area (Å²) in [5.41, 5.74) is 0. The number of nitrogens with zero attached hydrogens (tertiary/aromatic N) is 2. The van der Waals surface area contributed by atoms with E-state index in [2.05, 4.69) is 16.7 Å². The lowest BCUT2D eigenvalue weighted by molar-refractivity contribution is -0.0597. The Balaban J connectivity index is 4.32. The highest BCUT2D eigenvalue weighted by Crippen LogP contribution is 2.17. The van der Waals surface area contributed by atoms with Crippen LogP contribution >= 0.6 is 0 Å². The Bertz CT molecular complexity index is 135. The van der Waals surface area contributed by atoms with Gasteiger partial charge in [-0.1, -0.05) is 0 Å². The summed E-state index contributed by atoms with van der Waals surface area (Å²) < 4.78 is 34.4. The maximum Gasteiger partial charge on any atom is 0.451 e. The van der Waals surface area contributed by atoms with Crippen molar-refractivity contribution in [2.24, 2.45) is 9.98 Å². The van der Waals surface area contributed by atoms with Crippen molar-refractivity contribution in [3.8, 4) is 0 Å². The topological polar surface area (TPSA) is 24.7 Å². The van der Waals surface area contributed by atoms with Crippen LogP contribution in [0.25, 0.3) is 0 Å². The van der Waals surface area contributed by atoms with Gasteiger partial charge < -0.3 is 0 Å². The first kappa shape index (κ1) is 8.13. The maximum absolute atomic E-state index is 11.5. The van der Waals surface area contributed by atoms with Gasteiger partial charge >= 0.3 is 6.18 Å². The first-order valence-electron chi connectivity index (χ1n) is 2.03. The lowest BCUT2D eigenvalue weighted by atomic mass is 10.6. The first-order valence-corrected chi connectivity index (χ1v) is 2.03. The fraction of sp³-hybridized carbons (Fsp3) is 0.500. The highest BCUT2D eigenvalue weighted by molar-refractivity contribution is 5.90. The molecular weight excluding hydrogens is 133 g/mol. The summed E-state index contributed by atoms with van der Waals surface area (Å²) in [5.74, 6) is -1.19. The third kappa shape index (κ3) is 2.25. The van der Waals surface area contributed by atoms with E-state index in [9.17, 15) is 13.2 Å². The van der Waals surface area contributed by atoms with E-state index in [1.807, 2.05) is 0 Å². The third-order valence-corrected chi connectivity index (χ3v) is 0.615. The number of hydrogen-bond donors (Lipinski definition) is 0. The number of hydrogen-bond acceptors (Lipinski definition) is 1. The molecule has 0 aliphatic heterocycles. The normalized spacial score (nSPS) is 13.6. The predicted molar refractivity (Wildman–Crippen MR) is 29.0 cm³/mol. The molecule has 0 unspecified atom stereocenters. The fourth-order valence-corrected chi connectivity index (χ4v) is 0.287. The van der Waals surface area contributed by atoms with Crippen LogP contribution in [-0.4, -0.2) is 25.8 Å². The standard InChI is InChI=1S/C4H5F3N2/c1-8-3(9-2)4(5,6)7/h1H2,2H3. The zero-order valence-corrected chi connectivity index (χ0v) is 4.74. The van der Waals surface area contributed by atoms with E-state index in [4.69, 9.17) is 0 Å². The average Bonchev–Trinajstić information content (AvgIpc) is 1.65. The van der Waals surface area contributed by atoms with Crippen molar-refractivity contribution in [1.29, 1.82) is 0 Å². The summed E-state index contributed by atoms with van der Waals surface area (Å²) in [6.07, 6.45) is -4.46. The molecule has 0 radical (unpaired) electrons. The van der Waals surface area contributed by atoms with Gasteiger partial charge in [-0.2, -0.15) is 13.2 Å². The van der Waals surface area contributed by atoms with Crippen molar-refractivity contribution >= 4 is 12.6 Å². The molecular formula is C4H5F3N2. The van der Waals surface area contributed by atoms with Crippen LogP contribution in [0.3, 0.4) is 0 Å². The molecule has 52 valence electrons. The Labute approximate surface area is 50.1 Å². The van der Waals surface area contributed by atoms with Crippen LogP contribution in [-0.2, 0) is 0 Å². The number of rotatable bonds is 0. The Morgan fingerprint density at radius 2 is 1.89 bits per heavy atom. The van der Waals surface area contributed by atoms with Gasteiger partial charge in [-0.05, 0) is 6.72 Å². The van der Waals surface area contributed by atoms with Gasteiger partial charge in [0.2, 0.25) is 5.84 Å². The van der Waals surface area contributed by atoms with Crippen molar-refractivity contribution < 1.29 is 13.2 Å². The molecule has 0 aromatic carbocycles. The van der Waals surface area contributed by atoms with Gasteiger partial charge in [-0.25, -0.2) is 4.99 Å². The molecule has 0 amide bonds. The van der Waals surface area contributed by atoms with E-state index in [0.717, 1.165) is 7.05 Å². The SMILES string of the molecule is C=NC(=NC)C(F)(F)F. The number of aliphatic imine (C=N–C) groups is 2. The van der Waals surface area contributed by atoms with Crippen LogP contribution in [0.2, 0.25) is 0 Å². The van der Waals surface area contributed by atoms with Gasteiger partial charge in [0.1, 0.15) is 0 Å². The van der Waals surface area contributed by atoms with E-state index in [-0.39, 0.29) is 0 Å². The molecule has 0 aromatic heterocycles. The number of amidine groups is 1. The monoisotopic (exact) mass is 138 g/mol. The van der Waals surface area contributed by atoms with Crippen LogP contribution in [0.15, 0.2) is 9.98 Å². The molecule has 0 aliphatic rings. The summed E-state index contributed by atoms with van der Waals surface area (Å²) in [5, 5.41) is 0. The molecule has 0 heterocycles. The zero-order valence-electron chi connectivity index (χ0n) is 4.74. The number of alkyl halides is 3. The fourth-order valence-electron chi connectivity index (χ4n) is 0.287. The lowest BCUT2D eigenvalue weighted by Crippen LogP contribution is -2.20. The molecule has 0 saturated heterocycles. The molecule has 9 heavy (non-hydrogen) atoms. The molecule has 2 nitrogen and oxygen atoms in total. The zero-order chi connectivity index (χ0) is 7.49. The van der Waals surface area contributed by atoms with Gasteiger partial charge in [0, 0.05) is 7.05 Å². The van der Waals surface area contributed by atoms with Crippen molar-refractivity contribution in [3.63, 3.8) is 0 Å². The Morgan fingerprint density at radius 1 is 1.44 bits per heavy atom. The van der Waals surface area contributed by atoms with Crippen LogP contribution in [0, 0.1) is 0 Å². The molecule has 0 atom stereocenters. The third-order valence-electron chi connectivity index (χ3n) is 0.615.